The van der Waals surface area contributed by atoms with Gasteiger partial charge in [-0.15, -0.1) is 0 Å². The number of nitrogens with two attached hydrogens (primary N) is 1. The Bertz CT molecular complexity index is 262. The Morgan fingerprint density at radius 3 is 2.45 bits per heavy atom. The van der Waals surface area contributed by atoms with Crippen LogP contribution in [0.1, 0.15) is 7.12 Å². The van der Waals surface area contributed by atoms with Gasteiger partial charge in [-0.2, -0.15) is 13.2 Å². The smallest absolute Gasteiger partial charge is 0.368 e. The van der Waals surface area contributed by atoms with Gasteiger partial charge in [-0.3, -0.25) is 0 Å². The third-order valence-corrected chi connectivity index (χ3v) is 0.965. The molecule has 0 atom stereocenters. The Morgan fingerprint density at radius 1 is 1.45 bits per heavy atom. The molecule has 0 aliphatic rings. The molecule has 0 aliphatic carbocycles. The lowest BCUT2D eigenvalue weighted by atomic mass is 10.4. The van der Waals surface area contributed by atoms with Crippen LogP contribution in [-0.4, -0.2) is 9.97 Å². The molecule has 0 aliphatic heterocycles. The summed E-state index contributed by atoms with van der Waals surface area (Å²) in [5.74, 6) is -0.375. The molecule has 0 unspecified atom stereocenters. The Labute approximate surface area is 61.6 Å². The second kappa shape index (κ2) is 2.37. The van der Waals surface area contributed by atoms with Crippen molar-refractivity contribution in [3.63, 3.8) is 0 Å². The van der Waals surface area contributed by atoms with E-state index >= 15 is 0 Å². The van der Waals surface area contributed by atoms with Crippen molar-refractivity contribution in [3.8, 4) is 0 Å². The maximum Gasteiger partial charge on any atom is 0.433 e. The number of nitrogen functional groups attached to an aromatic ring is 1. The molecule has 0 amide bonds. The molecule has 0 spiro atoms. The molecule has 6 heteroatoms. The predicted octanol–water partition coefficient (Wildman–Crippen LogP) is 1.32. The van der Waals surface area contributed by atoms with Gasteiger partial charge in [0.25, 0.3) is 0 Å². The van der Waals surface area contributed by atoms with E-state index in [0.717, 1.165) is 12.3 Å². The van der Waals surface area contributed by atoms with Crippen LogP contribution in [0.5, 0.6) is 0 Å². The molecule has 0 bridgehead atoms. The highest BCUT2D eigenvalue weighted by molar-refractivity contribution is 5.18. The third-order valence-electron chi connectivity index (χ3n) is 0.965. The molecule has 0 saturated carbocycles. The molecule has 1 heterocycles. The van der Waals surface area contributed by atoms with Crippen LogP contribution < -0.4 is 5.73 Å². The minimum Gasteiger partial charge on any atom is -0.368 e. The molecule has 3 nitrogen and oxygen atoms in total. The number of rotatable bonds is 0. The molecule has 1 aromatic heterocycles. The van der Waals surface area contributed by atoms with Gasteiger partial charge in [-0.25, -0.2) is 9.97 Å². The Morgan fingerprint density at radius 2 is 2.09 bits per heavy atom. The first-order valence-corrected chi connectivity index (χ1v) is 2.66. The first-order valence-electron chi connectivity index (χ1n) is 2.66. The van der Waals surface area contributed by atoms with Crippen molar-refractivity contribution in [2.75, 3.05) is 5.73 Å². The fraction of sp³-hybridized carbons (Fsp3) is 0.200. The van der Waals surface area contributed by atoms with Gasteiger partial charge in [0.2, 0.25) is 5.95 Å². The molecular formula is C5H6F3N3. The SMILES string of the molecule is Nc1nccc(C(F)(F)F)n1.[HH]. The summed E-state index contributed by atoms with van der Waals surface area (Å²) in [6.07, 6.45) is -3.48. The Hall–Kier alpha value is -1.33. The summed E-state index contributed by atoms with van der Waals surface area (Å²) in [4.78, 5) is 6.31. The van der Waals surface area contributed by atoms with Crippen LogP contribution in [0.4, 0.5) is 19.1 Å². The fourth-order valence-corrected chi connectivity index (χ4v) is 0.532. The maximum atomic E-state index is 11.8. The van der Waals surface area contributed by atoms with E-state index in [1.165, 1.54) is 0 Å². The number of nitrogens with zero attached hydrogens (tertiary/aromatic N) is 2. The molecule has 0 radical (unpaired) electrons. The molecule has 0 aromatic carbocycles. The second-order valence-electron chi connectivity index (χ2n) is 1.80. The summed E-state index contributed by atoms with van der Waals surface area (Å²) in [7, 11) is 0. The number of hydrogen-bond donors (Lipinski definition) is 1. The van der Waals surface area contributed by atoms with E-state index in [0.29, 0.717) is 0 Å². The molecule has 0 fully saturated rings. The topological polar surface area (TPSA) is 51.8 Å². The highest BCUT2D eigenvalue weighted by atomic mass is 19.4. The van der Waals surface area contributed by atoms with Crippen LogP contribution in [0.15, 0.2) is 12.3 Å². The van der Waals surface area contributed by atoms with E-state index in [1.54, 1.807) is 0 Å². The van der Waals surface area contributed by atoms with Gasteiger partial charge in [0.05, 0.1) is 0 Å². The van der Waals surface area contributed by atoms with Gasteiger partial charge in [0.1, 0.15) is 5.69 Å². The summed E-state index contributed by atoms with van der Waals surface area (Å²) in [6, 6.07) is 0.760. The van der Waals surface area contributed by atoms with E-state index in [2.05, 4.69) is 9.97 Å². The number of hydrogen-bond acceptors (Lipinski definition) is 3. The zero-order valence-corrected chi connectivity index (χ0v) is 5.26. The zero-order chi connectivity index (χ0) is 8.48. The largest absolute Gasteiger partial charge is 0.433 e. The van der Waals surface area contributed by atoms with E-state index < -0.39 is 11.9 Å². The van der Waals surface area contributed by atoms with Gasteiger partial charge >= 0.3 is 6.18 Å². The van der Waals surface area contributed by atoms with E-state index in [9.17, 15) is 13.2 Å². The standard InChI is InChI=1S/C5H4F3N3.H2/c6-5(7,8)3-1-2-10-4(9)11-3;/h1-2H,(H2,9,10,11);1H. The van der Waals surface area contributed by atoms with Crippen molar-refractivity contribution >= 4 is 5.95 Å². The van der Waals surface area contributed by atoms with Crippen LogP contribution in [0.25, 0.3) is 0 Å². The number of alkyl halides is 3. The molecular weight excluding hydrogens is 159 g/mol. The quantitative estimate of drug-likeness (QED) is 0.630. The molecule has 2 N–H and O–H groups in total. The lowest BCUT2D eigenvalue weighted by Gasteiger charge is -2.03. The predicted molar refractivity (Wildman–Crippen MR) is 33.6 cm³/mol. The normalized spacial score (nSPS) is 11.5. The fourth-order valence-electron chi connectivity index (χ4n) is 0.532. The maximum absolute atomic E-state index is 11.8. The Kier molecular flexibility index (Phi) is 1.67. The van der Waals surface area contributed by atoms with E-state index in [4.69, 9.17) is 5.73 Å². The minimum atomic E-state index is -4.45. The molecule has 1 rings (SSSR count). The van der Waals surface area contributed by atoms with Crippen LogP contribution in [0, 0.1) is 0 Å². The highest BCUT2D eigenvalue weighted by Crippen LogP contribution is 2.26. The van der Waals surface area contributed by atoms with Gasteiger partial charge in [-0.1, -0.05) is 0 Å². The number of anilines is 1. The van der Waals surface area contributed by atoms with Crippen molar-refractivity contribution < 1.29 is 14.6 Å². The van der Waals surface area contributed by atoms with Crippen molar-refractivity contribution in [2.24, 2.45) is 0 Å². The first kappa shape index (κ1) is 7.77. The second-order valence-corrected chi connectivity index (χ2v) is 1.80. The summed E-state index contributed by atoms with van der Waals surface area (Å²) >= 11 is 0. The summed E-state index contributed by atoms with van der Waals surface area (Å²) in [6.45, 7) is 0. The van der Waals surface area contributed by atoms with Crippen molar-refractivity contribution in [1.29, 1.82) is 0 Å². The lowest BCUT2D eigenvalue weighted by molar-refractivity contribution is -0.141. The van der Waals surface area contributed by atoms with Gasteiger partial charge in [-0.05, 0) is 6.07 Å². The number of aromatic nitrogens is 2. The lowest BCUT2D eigenvalue weighted by Crippen LogP contribution is -2.09. The van der Waals surface area contributed by atoms with Gasteiger partial charge in [0.15, 0.2) is 0 Å². The zero-order valence-electron chi connectivity index (χ0n) is 5.26. The van der Waals surface area contributed by atoms with Crippen LogP contribution in [0.2, 0.25) is 0 Å². The third kappa shape index (κ3) is 1.79. The van der Waals surface area contributed by atoms with Crippen LogP contribution in [-0.2, 0) is 6.18 Å². The Balaban J connectivity index is 0.00000121. The van der Waals surface area contributed by atoms with Gasteiger partial charge < -0.3 is 5.73 Å². The van der Waals surface area contributed by atoms with E-state index in [1.807, 2.05) is 0 Å². The number of halogens is 3. The van der Waals surface area contributed by atoms with Crippen molar-refractivity contribution in [2.45, 2.75) is 6.18 Å². The summed E-state index contributed by atoms with van der Waals surface area (Å²) in [5.41, 5.74) is 3.91. The van der Waals surface area contributed by atoms with Crippen LogP contribution >= 0.6 is 0 Å². The van der Waals surface area contributed by atoms with Crippen LogP contribution in [0.3, 0.4) is 0 Å². The minimum absolute atomic E-state index is 0. The van der Waals surface area contributed by atoms with E-state index in [-0.39, 0.29) is 7.37 Å². The highest BCUT2D eigenvalue weighted by Gasteiger charge is 2.32. The first-order chi connectivity index (χ1) is 5.00. The summed E-state index contributed by atoms with van der Waals surface area (Å²) in [5, 5.41) is 0. The van der Waals surface area contributed by atoms with Crippen molar-refractivity contribution in [1.82, 2.24) is 9.97 Å². The summed E-state index contributed by atoms with van der Waals surface area (Å²) < 4.78 is 35.5. The molecule has 0 saturated heterocycles. The molecule has 11 heavy (non-hydrogen) atoms. The van der Waals surface area contributed by atoms with Crippen molar-refractivity contribution in [3.05, 3.63) is 18.0 Å². The average molecular weight is 165 g/mol. The molecule has 1 aromatic rings. The monoisotopic (exact) mass is 165 g/mol. The molecule has 62 valence electrons. The average Bonchev–Trinajstić information content (AvgIpc) is 1.86. The van der Waals surface area contributed by atoms with Gasteiger partial charge in [0, 0.05) is 7.62 Å².